The third kappa shape index (κ3) is 9.08. The van der Waals surface area contributed by atoms with Crippen LogP contribution in [0.4, 0.5) is 23.7 Å². The van der Waals surface area contributed by atoms with Crippen LogP contribution in [0.25, 0.3) is 5.57 Å². The van der Waals surface area contributed by atoms with E-state index in [9.17, 15) is 32.7 Å². The van der Waals surface area contributed by atoms with E-state index in [0.717, 1.165) is 42.9 Å². The summed E-state index contributed by atoms with van der Waals surface area (Å²) >= 11 is 0. The van der Waals surface area contributed by atoms with Crippen LogP contribution in [0.5, 0.6) is 5.75 Å². The molecule has 0 saturated heterocycles. The van der Waals surface area contributed by atoms with Gasteiger partial charge < -0.3 is 30.9 Å². The Kier molecular flexibility index (Phi) is 10.6. The first-order valence-electron chi connectivity index (χ1n) is 14.0. The first-order valence-corrected chi connectivity index (χ1v) is 14.0. The number of anilines is 1. The number of halogens is 3. The average Bonchev–Trinajstić information content (AvgIpc) is 3.00. The zero-order chi connectivity index (χ0) is 31.7. The Morgan fingerprint density at radius 1 is 0.932 bits per heavy atom. The Morgan fingerprint density at radius 3 is 2.20 bits per heavy atom. The number of aliphatic carboxylic acids is 1. The van der Waals surface area contributed by atoms with Gasteiger partial charge in [0.25, 0.3) is 5.91 Å². The van der Waals surface area contributed by atoms with Gasteiger partial charge in [0.15, 0.2) is 0 Å². The number of rotatable bonds is 11. The van der Waals surface area contributed by atoms with Crippen LogP contribution in [0.2, 0.25) is 0 Å². The number of carboxylic acids is 1. The van der Waals surface area contributed by atoms with Crippen LogP contribution in [0.15, 0.2) is 72.8 Å². The van der Waals surface area contributed by atoms with E-state index in [-0.39, 0.29) is 24.2 Å². The Balaban J connectivity index is 1.55. The van der Waals surface area contributed by atoms with Crippen molar-refractivity contribution in [3.05, 3.63) is 101 Å². The highest BCUT2D eigenvalue weighted by Gasteiger charge is 2.32. The average molecular weight is 612 g/mol. The fourth-order valence-corrected chi connectivity index (χ4v) is 4.86. The van der Waals surface area contributed by atoms with Gasteiger partial charge >= 0.3 is 18.4 Å². The number of benzene rings is 3. The summed E-state index contributed by atoms with van der Waals surface area (Å²) in [6.07, 6.45) is 1.37. The molecule has 0 aliphatic heterocycles. The lowest BCUT2D eigenvalue weighted by atomic mass is 9.91. The van der Waals surface area contributed by atoms with Gasteiger partial charge in [-0.05, 0) is 78.3 Å². The van der Waals surface area contributed by atoms with Gasteiger partial charge in [-0.3, -0.25) is 9.59 Å². The second-order valence-electron chi connectivity index (χ2n) is 10.2. The van der Waals surface area contributed by atoms with Crippen LogP contribution in [0, 0.1) is 0 Å². The van der Waals surface area contributed by atoms with Gasteiger partial charge in [-0.25, -0.2) is 4.79 Å². The van der Waals surface area contributed by atoms with Gasteiger partial charge in [-0.1, -0.05) is 42.5 Å². The van der Waals surface area contributed by atoms with Gasteiger partial charge in [0.05, 0.1) is 19.1 Å². The number of urea groups is 1. The van der Waals surface area contributed by atoms with E-state index in [1.165, 1.54) is 17.7 Å². The quantitative estimate of drug-likeness (QED) is 0.176. The fraction of sp³-hybridized carbons (Fsp3) is 0.281. The Morgan fingerprint density at radius 2 is 1.61 bits per heavy atom. The second-order valence-corrected chi connectivity index (χ2v) is 10.2. The Bertz CT molecular complexity index is 1510. The van der Waals surface area contributed by atoms with Crippen LogP contribution in [0.3, 0.4) is 0 Å². The molecule has 232 valence electrons. The molecule has 1 aliphatic carbocycles. The molecule has 5 N–H and O–H groups in total. The molecule has 1 aliphatic rings. The summed E-state index contributed by atoms with van der Waals surface area (Å²) in [6, 6.07) is 16.3. The summed E-state index contributed by atoms with van der Waals surface area (Å²) in [6.45, 7) is -0.769. The fourth-order valence-electron chi connectivity index (χ4n) is 4.86. The first kappa shape index (κ1) is 32.1. The molecule has 1 unspecified atom stereocenters. The standard InChI is InChI=1S/C32H32F3N3O6/c33-32(34,35)44-27-15-14-26(18-25(27)19-39)37-31(43)38-29(22-8-6-21(7-9-22)20-4-2-1-3-5-20)23-10-12-24(13-11-23)30(42)36-17-16-28(40)41/h4,6-15,18,29,39H,1-3,5,16-17,19H2,(H,36,42)(H,40,41)(H2,37,38,43). The van der Waals surface area contributed by atoms with Crippen LogP contribution >= 0.6 is 0 Å². The van der Waals surface area contributed by atoms with E-state index in [2.05, 4.69) is 26.8 Å². The molecular formula is C32H32F3N3O6. The van der Waals surface area contributed by atoms with Crippen molar-refractivity contribution >= 4 is 29.2 Å². The number of carbonyl (C=O) groups excluding carboxylic acids is 2. The van der Waals surface area contributed by atoms with Crippen molar-refractivity contribution in [1.82, 2.24) is 10.6 Å². The summed E-state index contributed by atoms with van der Waals surface area (Å²) in [5.74, 6) is -2.05. The summed E-state index contributed by atoms with van der Waals surface area (Å²) in [5, 5.41) is 26.3. The van der Waals surface area contributed by atoms with E-state index in [0.29, 0.717) is 11.1 Å². The minimum absolute atomic E-state index is 0.0235. The molecule has 0 aromatic heterocycles. The van der Waals surface area contributed by atoms with Gasteiger partial charge in [0, 0.05) is 23.4 Å². The molecule has 3 aromatic rings. The van der Waals surface area contributed by atoms with Crippen LogP contribution in [-0.2, 0) is 11.4 Å². The largest absolute Gasteiger partial charge is 0.573 e. The van der Waals surface area contributed by atoms with Crippen LogP contribution in [0.1, 0.15) is 70.8 Å². The SMILES string of the molecule is O=C(O)CCNC(=O)c1ccc(C(NC(=O)Nc2ccc(OC(F)(F)F)c(CO)c2)c2ccc(C3=CCCCC3)cc2)cc1. The van der Waals surface area contributed by atoms with Crippen molar-refractivity contribution < 1.29 is 42.5 Å². The van der Waals surface area contributed by atoms with Crippen molar-refractivity contribution in [1.29, 1.82) is 0 Å². The molecule has 3 aromatic carbocycles. The van der Waals surface area contributed by atoms with Crippen LogP contribution < -0.4 is 20.7 Å². The van der Waals surface area contributed by atoms with Gasteiger partial charge in [0.2, 0.25) is 0 Å². The molecule has 1 atom stereocenters. The summed E-state index contributed by atoms with van der Waals surface area (Å²) in [5.41, 5.74) is 4.00. The van der Waals surface area contributed by atoms with Crippen molar-refractivity contribution in [2.75, 3.05) is 11.9 Å². The molecular weight excluding hydrogens is 579 g/mol. The summed E-state index contributed by atoms with van der Waals surface area (Å²) < 4.78 is 42.0. The summed E-state index contributed by atoms with van der Waals surface area (Å²) in [4.78, 5) is 36.3. The van der Waals surface area contributed by atoms with Crippen molar-refractivity contribution in [3.8, 4) is 5.75 Å². The number of allylic oxidation sites excluding steroid dienone is 2. The molecule has 0 fully saturated rings. The lowest BCUT2D eigenvalue weighted by Gasteiger charge is -2.22. The number of carboxylic acid groups (broad SMARTS) is 1. The molecule has 0 radical (unpaired) electrons. The highest BCUT2D eigenvalue weighted by Crippen LogP contribution is 2.31. The molecule has 0 spiro atoms. The number of ether oxygens (including phenoxy) is 1. The number of hydrogen-bond donors (Lipinski definition) is 5. The molecule has 12 heteroatoms. The Hall–Kier alpha value is -4.84. The van der Waals surface area contributed by atoms with E-state index in [1.54, 1.807) is 24.3 Å². The maximum atomic E-state index is 13.1. The number of carbonyl (C=O) groups is 3. The van der Waals surface area contributed by atoms with E-state index in [1.807, 2.05) is 24.3 Å². The monoisotopic (exact) mass is 611 g/mol. The molecule has 9 nitrogen and oxygen atoms in total. The number of alkyl halides is 3. The second kappa shape index (κ2) is 14.6. The maximum Gasteiger partial charge on any atom is 0.573 e. The zero-order valence-electron chi connectivity index (χ0n) is 23.6. The molecule has 0 saturated carbocycles. The first-order chi connectivity index (χ1) is 21.0. The van der Waals surface area contributed by atoms with Crippen molar-refractivity contribution in [2.24, 2.45) is 0 Å². The highest BCUT2D eigenvalue weighted by molar-refractivity contribution is 5.94. The predicted octanol–water partition coefficient (Wildman–Crippen LogP) is 6.15. The van der Waals surface area contributed by atoms with Crippen molar-refractivity contribution in [2.45, 2.75) is 51.1 Å². The van der Waals surface area contributed by atoms with Gasteiger partial charge in [0.1, 0.15) is 5.75 Å². The van der Waals surface area contributed by atoms with Crippen molar-refractivity contribution in [3.63, 3.8) is 0 Å². The van der Waals surface area contributed by atoms with E-state index >= 15 is 0 Å². The van der Waals surface area contributed by atoms with E-state index in [4.69, 9.17) is 5.11 Å². The minimum atomic E-state index is -4.94. The third-order valence-corrected chi connectivity index (χ3v) is 7.03. The number of amides is 3. The summed E-state index contributed by atoms with van der Waals surface area (Å²) in [7, 11) is 0. The molecule has 0 bridgehead atoms. The zero-order valence-corrected chi connectivity index (χ0v) is 23.6. The maximum absolute atomic E-state index is 13.1. The smallest absolute Gasteiger partial charge is 0.481 e. The third-order valence-electron chi connectivity index (χ3n) is 7.03. The number of aliphatic hydroxyl groups excluding tert-OH is 1. The molecule has 4 rings (SSSR count). The number of aliphatic hydroxyl groups is 1. The molecule has 0 heterocycles. The van der Waals surface area contributed by atoms with Gasteiger partial charge in [-0.15, -0.1) is 13.2 Å². The predicted molar refractivity (Wildman–Crippen MR) is 157 cm³/mol. The molecule has 44 heavy (non-hydrogen) atoms. The normalized spacial score (nSPS) is 13.8. The minimum Gasteiger partial charge on any atom is -0.481 e. The lowest BCUT2D eigenvalue weighted by Crippen LogP contribution is -2.33. The van der Waals surface area contributed by atoms with Crippen LogP contribution in [-0.4, -0.2) is 41.0 Å². The highest BCUT2D eigenvalue weighted by atomic mass is 19.4. The number of nitrogens with one attached hydrogen (secondary N) is 3. The number of hydrogen-bond acceptors (Lipinski definition) is 5. The van der Waals surface area contributed by atoms with Gasteiger partial charge in [-0.2, -0.15) is 0 Å². The Labute approximate surface area is 251 Å². The molecule has 3 amide bonds. The topological polar surface area (TPSA) is 137 Å². The lowest BCUT2D eigenvalue weighted by molar-refractivity contribution is -0.275. The van der Waals surface area contributed by atoms with E-state index < -0.39 is 42.7 Å².